The number of nitrogens with one attached hydrogen (secondary N) is 1. The van der Waals surface area contributed by atoms with E-state index in [2.05, 4.69) is 15.5 Å². The van der Waals surface area contributed by atoms with Gasteiger partial charge in [-0.2, -0.15) is 4.98 Å². The van der Waals surface area contributed by atoms with Crippen molar-refractivity contribution in [2.24, 2.45) is 0 Å². The summed E-state index contributed by atoms with van der Waals surface area (Å²) in [5, 5.41) is 7.16. The van der Waals surface area contributed by atoms with Crippen molar-refractivity contribution in [1.82, 2.24) is 15.5 Å². The van der Waals surface area contributed by atoms with Gasteiger partial charge in [0, 0.05) is 25.6 Å². The first-order valence-electron chi connectivity index (χ1n) is 7.29. The highest BCUT2D eigenvalue weighted by Gasteiger charge is 2.32. The van der Waals surface area contributed by atoms with Crippen LogP contribution in [-0.4, -0.2) is 49.3 Å². The summed E-state index contributed by atoms with van der Waals surface area (Å²) < 4.78 is 34.2. The van der Waals surface area contributed by atoms with Gasteiger partial charge in [0.1, 0.15) is 5.60 Å². The second-order valence-corrected chi connectivity index (χ2v) is 7.73. The summed E-state index contributed by atoms with van der Waals surface area (Å²) in [6.45, 7) is 6.89. The molecule has 1 aromatic rings. The van der Waals surface area contributed by atoms with Crippen LogP contribution in [0.25, 0.3) is 0 Å². The van der Waals surface area contributed by atoms with Crippen molar-refractivity contribution in [3.63, 3.8) is 0 Å². The first kappa shape index (κ1) is 16.4. The zero-order valence-electron chi connectivity index (χ0n) is 12.8. The van der Waals surface area contributed by atoms with E-state index in [0.717, 1.165) is 6.42 Å². The van der Waals surface area contributed by atoms with Crippen LogP contribution in [0.15, 0.2) is 4.52 Å². The van der Waals surface area contributed by atoms with Crippen LogP contribution in [-0.2, 0) is 26.6 Å². The molecule has 1 aliphatic rings. The third-order valence-corrected chi connectivity index (χ3v) is 5.54. The third kappa shape index (κ3) is 4.02. The molecule has 0 aliphatic carbocycles. The van der Waals surface area contributed by atoms with Gasteiger partial charge in [-0.05, 0) is 20.3 Å². The molecule has 1 N–H and O–H groups in total. The fourth-order valence-corrected chi connectivity index (χ4v) is 3.85. The molecule has 1 fully saturated rings. The predicted octanol–water partition coefficient (Wildman–Crippen LogP) is 0.660. The number of hydrogen-bond acceptors (Lipinski definition) is 7. The van der Waals surface area contributed by atoms with Gasteiger partial charge >= 0.3 is 0 Å². The van der Waals surface area contributed by atoms with E-state index in [0.29, 0.717) is 31.3 Å². The zero-order valence-corrected chi connectivity index (χ0v) is 13.6. The Hall–Kier alpha value is -0.990. The standard InChI is InChI=1S/C13H23N3O4S/c1-4-13(3,19-5-2)12-15-11(20-16-12)8-10-9-21(17,18)7-6-14-10/h10,14H,4-9H2,1-3H3. The molecule has 7 nitrogen and oxygen atoms in total. The van der Waals surface area contributed by atoms with Gasteiger partial charge in [-0.15, -0.1) is 0 Å². The van der Waals surface area contributed by atoms with E-state index < -0.39 is 15.4 Å². The summed E-state index contributed by atoms with van der Waals surface area (Å²) in [5.41, 5.74) is -0.567. The van der Waals surface area contributed by atoms with Crippen LogP contribution in [0, 0.1) is 0 Å². The Morgan fingerprint density at radius 3 is 2.86 bits per heavy atom. The fourth-order valence-electron chi connectivity index (χ4n) is 2.41. The van der Waals surface area contributed by atoms with E-state index in [-0.39, 0.29) is 17.5 Å². The number of nitrogens with zero attached hydrogens (tertiary/aromatic N) is 2. The van der Waals surface area contributed by atoms with Crippen molar-refractivity contribution >= 4 is 9.84 Å². The van der Waals surface area contributed by atoms with Gasteiger partial charge in [0.2, 0.25) is 11.7 Å². The third-order valence-electron chi connectivity index (χ3n) is 3.80. The lowest BCUT2D eigenvalue weighted by molar-refractivity contribution is -0.0403. The SMILES string of the molecule is CCOC(C)(CC)c1noc(CC2CS(=O)(=O)CCN2)n1. The second kappa shape index (κ2) is 6.41. The Bertz CT molecular complexity index is 572. The summed E-state index contributed by atoms with van der Waals surface area (Å²) in [6.07, 6.45) is 1.15. The maximum absolute atomic E-state index is 11.6. The molecule has 8 heteroatoms. The zero-order chi connectivity index (χ0) is 15.5. The Morgan fingerprint density at radius 1 is 1.48 bits per heavy atom. The fraction of sp³-hybridized carbons (Fsp3) is 0.846. The van der Waals surface area contributed by atoms with E-state index in [1.54, 1.807) is 0 Å². The smallest absolute Gasteiger partial charge is 0.228 e. The average Bonchev–Trinajstić information content (AvgIpc) is 2.87. The lowest BCUT2D eigenvalue weighted by atomic mass is 10.0. The molecule has 21 heavy (non-hydrogen) atoms. The van der Waals surface area contributed by atoms with Crippen LogP contribution in [0.2, 0.25) is 0 Å². The van der Waals surface area contributed by atoms with Crippen LogP contribution in [0.4, 0.5) is 0 Å². The van der Waals surface area contributed by atoms with E-state index in [1.807, 2.05) is 20.8 Å². The van der Waals surface area contributed by atoms with Crippen molar-refractivity contribution in [3.8, 4) is 0 Å². The maximum Gasteiger partial charge on any atom is 0.228 e. The molecule has 0 spiro atoms. The molecule has 0 saturated carbocycles. The quantitative estimate of drug-likeness (QED) is 0.823. The second-order valence-electron chi connectivity index (χ2n) is 5.50. The molecule has 1 aromatic heterocycles. The number of rotatable bonds is 6. The first-order chi connectivity index (χ1) is 9.88. The molecule has 1 saturated heterocycles. The highest BCUT2D eigenvalue weighted by Crippen LogP contribution is 2.26. The van der Waals surface area contributed by atoms with Crippen molar-refractivity contribution in [3.05, 3.63) is 11.7 Å². The normalized spacial score (nSPS) is 24.6. The van der Waals surface area contributed by atoms with Crippen molar-refractivity contribution in [2.45, 2.75) is 45.3 Å². The molecular weight excluding hydrogens is 294 g/mol. The van der Waals surface area contributed by atoms with Crippen LogP contribution in [0.5, 0.6) is 0 Å². The van der Waals surface area contributed by atoms with Gasteiger partial charge < -0.3 is 14.6 Å². The molecule has 0 radical (unpaired) electrons. The van der Waals surface area contributed by atoms with E-state index in [4.69, 9.17) is 9.26 Å². The molecular formula is C13H23N3O4S. The van der Waals surface area contributed by atoms with Crippen LogP contribution >= 0.6 is 0 Å². The summed E-state index contributed by atoms with van der Waals surface area (Å²) >= 11 is 0. The number of aromatic nitrogens is 2. The summed E-state index contributed by atoms with van der Waals surface area (Å²) in [5.74, 6) is 1.26. The van der Waals surface area contributed by atoms with Gasteiger partial charge in [-0.25, -0.2) is 8.42 Å². The lowest BCUT2D eigenvalue weighted by Crippen LogP contribution is -2.46. The monoisotopic (exact) mass is 317 g/mol. The van der Waals surface area contributed by atoms with E-state index in [1.165, 1.54) is 0 Å². The van der Waals surface area contributed by atoms with Gasteiger partial charge in [0.15, 0.2) is 9.84 Å². The minimum atomic E-state index is -2.96. The Morgan fingerprint density at radius 2 is 2.24 bits per heavy atom. The van der Waals surface area contributed by atoms with Crippen molar-refractivity contribution in [1.29, 1.82) is 0 Å². The molecule has 2 rings (SSSR count). The lowest BCUT2D eigenvalue weighted by Gasteiger charge is -2.24. The number of ether oxygens (including phenoxy) is 1. The van der Waals surface area contributed by atoms with Crippen molar-refractivity contribution in [2.75, 3.05) is 24.7 Å². The van der Waals surface area contributed by atoms with Gasteiger partial charge in [0.05, 0.1) is 11.5 Å². The summed E-state index contributed by atoms with van der Waals surface area (Å²) in [4.78, 5) is 4.38. The number of sulfone groups is 1. The predicted molar refractivity (Wildman–Crippen MR) is 77.7 cm³/mol. The minimum absolute atomic E-state index is 0.112. The van der Waals surface area contributed by atoms with Gasteiger partial charge in [-0.3, -0.25) is 0 Å². The topological polar surface area (TPSA) is 94.3 Å². The van der Waals surface area contributed by atoms with Gasteiger partial charge in [-0.1, -0.05) is 12.1 Å². The highest BCUT2D eigenvalue weighted by molar-refractivity contribution is 7.91. The average molecular weight is 317 g/mol. The molecule has 0 aromatic carbocycles. The molecule has 2 unspecified atom stereocenters. The summed E-state index contributed by atoms with van der Waals surface area (Å²) in [7, 11) is -2.96. The van der Waals surface area contributed by atoms with E-state index >= 15 is 0 Å². The Labute approximate surface area is 125 Å². The Balaban J connectivity index is 2.06. The molecule has 2 heterocycles. The molecule has 1 aliphatic heterocycles. The maximum atomic E-state index is 11.6. The largest absolute Gasteiger partial charge is 0.367 e. The van der Waals surface area contributed by atoms with Crippen LogP contribution in [0.3, 0.4) is 0 Å². The van der Waals surface area contributed by atoms with Crippen LogP contribution in [0.1, 0.15) is 38.9 Å². The minimum Gasteiger partial charge on any atom is -0.367 e. The van der Waals surface area contributed by atoms with Crippen LogP contribution < -0.4 is 5.32 Å². The molecule has 0 bridgehead atoms. The molecule has 120 valence electrons. The molecule has 0 amide bonds. The number of hydrogen-bond donors (Lipinski definition) is 1. The summed E-state index contributed by atoms with van der Waals surface area (Å²) in [6, 6.07) is -0.169. The first-order valence-corrected chi connectivity index (χ1v) is 9.11. The van der Waals surface area contributed by atoms with Crippen molar-refractivity contribution < 1.29 is 17.7 Å². The highest BCUT2D eigenvalue weighted by atomic mass is 32.2. The van der Waals surface area contributed by atoms with E-state index in [9.17, 15) is 8.42 Å². The van der Waals surface area contributed by atoms with Gasteiger partial charge in [0.25, 0.3) is 0 Å². The Kier molecular flexibility index (Phi) is 5.00. The molecule has 2 atom stereocenters.